The molecule has 0 atom stereocenters. The zero-order chi connectivity index (χ0) is 23.4. The quantitative estimate of drug-likeness (QED) is 0.321. The van der Waals surface area contributed by atoms with Gasteiger partial charge >= 0.3 is 0 Å². The largest absolute Gasteiger partial charge is 0.360 e. The molecular weight excluding hydrogens is 504 g/mol. The van der Waals surface area contributed by atoms with Crippen LogP contribution in [0, 0.1) is 0 Å². The Morgan fingerprint density at radius 2 is 1.97 bits per heavy atom. The summed E-state index contributed by atoms with van der Waals surface area (Å²) in [7, 11) is 0. The van der Waals surface area contributed by atoms with Crippen LogP contribution < -0.4 is 27.0 Å². The van der Waals surface area contributed by atoms with Gasteiger partial charge in [-0.05, 0) is 36.8 Å². The van der Waals surface area contributed by atoms with E-state index in [1.54, 1.807) is 18.3 Å². The zero-order valence-electron chi connectivity index (χ0n) is 17.8. The molecule has 3 N–H and O–H groups in total. The highest BCUT2D eigenvalue weighted by molar-refractivity contribution is 9.10. The van der Waals surface area contributed by atoms with Gasteiger partial charge in [0.25, 0.3) is 11.1 Å². The summed E-state index contributed by atoms with van der Waals surface area (Å²) in [4.78, 5) is 28.4. The van der Waals surface area contributed by atoms with E-state index in [9.17, 15) is 9.59 Å². The van der Waals surface area contributed by atoms with Crippen LogP contribution in [0.3, 0.4) is 0 Å². The van der Waals surface area contributed by atoms with E-state index in [0.717, 1.165) is 16.6 Å². The SMILES string of the molecule is C=c1[nH]n(-c2ccccc2)c(=O)c1=CNc1ccc(Br)cc1-c1nnc(SCCC)[nH]c1=O. The fraction of sp³-hybridized carbons (Fsp3) is 0.130. The molecule has 168 valence electrons. The maximum absolute atomic E-state index is 12.9. The molecule has 0 aliphatic rings. The number of hydrogen-bond donors (Lipinski definition) is 3. The van der Waals surface area contributed by atoms with Gasteiger partial charge in [0, 0.05) is 27.7 Å². The molecule has 33 heavy (non-hydrogen) atoms. The van der Waals surface area contributed by atoms with Crippen LogP contribution in [-0.2, 0) is 0 Å². The highest BCUT2D eigenvalue weighted by Crippen LogP contribution is 2.28. The second kappa shape index (κ2) is 10.1. The Morgan fingerprint density at radius 1 is 1.18 bits per heavy atom. The van der Waals surface area contributed by atoms with Crippen molar-refractivity contribution < 1.29 is 0 Å². The van der Waals surface area contributed by atoms with Gasteiger partial charge in [-0.2, -0.15) is 0 Å². The number of H-pyrrole nitrogens is 2. The molecule has 0 aliphatic carbocycles. The van der Waals surface area contributed by atoms with Crippen LogP contribution in [-0.4, -0.2) is 30.7 Å². The molecule has 0 unspecified atom stereocenters. The predicted molar refractivity (Wildman–Crippen MR) is 136 cm³/mol. The van der Waals surface area contributed by atoms with Crippen LogP contribution >= 0.6 is 27.7 Å². The summed E-state index contributed by atoms with van der Waals surface area (Å²) in [5, 5.41) is 15.7. The van der Waals surface area contributed by atoms with Gasteiger partial charge in [0.1, 0.15) is 0 Å². The number of benzene rings is 2. The molecule has 10 heteroatoms. The molecule has 0 radical (unpaired) electrons. The van der Waals surface area contributed by atoms with Gasteiger partial charge in [0.15, 0.2) is 10.9 Å². The number of anilines is 1. The fourth-order valence-electron chi connectivity index (χ4n) is 3.15. The van der Waals surface area contributed by atoms with Crippen LogP contribution in [0.15, 0.2) is 67.7 Å². The third-order valence-electron chi connectivity index (χ3n) is 4.75. The molecule has 2 aromatic carbocycles. The molecule has 2 aromatic heterocycles. The molecule has 0 aliphatic heterocycles. The molecule has 0 saturated heterocycles. The topological polar surface area (TPSA) is 108 Å². The predicted octanol–water partition coefficient (Wildman–Crippen LogP) is 2.84. The van der Waals surface area contributed by atoms with Crippen LogP contribution in [0.5, 0.6) is 0 Å². The van der Waals surface area contributed by atoms with Gasteiger partial charge in [-0.15, -0.1) is 10.2 Å². The van der Waals surface area contributed by atoms with Crippen LogP contribution in [0.4, 0.5) is 5.69 Å². The van der Waals surface area contributed by atoms with Crippen molar-refractivity contribution in [2.75, 3.05) is 11.1 Å². The van der Waals surface area contributed by atoms with E-state index in [2.05, 4.69) is 55.0 Å². The lowest BCUT2D eigenvalue weighted by Gasteiger charge is -2.09. The van der Waals surface area contributed by atoms with E-state index in [1.807, 2.05) is 36.4 Å². The third kappa shape index (κ3) is 5.01. The van der Waals surface area contributed by atoms with E-state index in [0.29, 0.717) is 32.7 Å². The summed E-state index contributed by atoms with van der Waals surface area (Å²) in [6.07, 6.45) is 2.53. The first-order valence-corrected chi connectivity index (χ1v) is 12.0. The van der Waals surface area contributed by atoms with Crippen molar-refractivity contribution in [2.45, 2.75) is 18.5 Å². The highest BCUT2D eigenvalue weighted by Gasteiger charge is 2.13. The van der Waals surface area contributed by atoms with Crippen LogP contribution in [0.2, 0.25) is 0 Å². The molecule has 0 saturated carbocycles. The Hall–Kier alpha value is -3.37. The average Bonchev–Trinajstić information content (AvgIpc) is 3.10. The number of aromatic nitrogens is 5. The highest BCUT2D eigenvalue weighted by atomic mass is 79.9. The van der Waals surface area contributed by atoms with Gasteiger partial charge in [-0.3, -0.25) is 19.7 Å². The number of para-hydroxylation sites is 1. The second-order valence-electron chi connectivity index (χ2n) is 7.12. The van der Waals surface area contributed by atoms with E-state index < -0.39 is 0 Å². The summed E-state index contributed by atoms with van der Waals surface area (Å²) < 4.78 is 2.21. The van der Waals surface area contributed by atoms with Crippen molar-refractivity contribution in [3.63, 3.8) is 0 Å². The van der Waals surface area contributed by atoms with Crippen molar-refractivity contribution >= 4 is 46.2 Å². The summed E-state index contributed by atoms with van der Waals surface area (Å²) in [5.41, 5.74) is 1.45. The molecule has 2 heterocycles. The van der Waals surface area contributed by atoms with Crippen molar-refractivity contribution in [2.24, 2.45) is 0 Å². The molecule has 4 aromatic rings. The van der Waals surface area contributed by atoms with E-state index in [4.69, 9.17) is 0 Å². The van der Waals surface area contributed by atoms with Crippen LogP contribution in [0.1, 0.15) is 13.3 Å². The van der Waals surface area contributed by atoms with Gasteiger partial charge in [-0.1, -0.05) is 59.4 Å². The maximum Gasteiger partial charge on any atom is 0.280 e. The van der Waals surface area contributed by atoms with Gasteiger partial charge < -0.3 is 5.32 Å². The number of aromatic amines is 2. The van der Waals surface area contributed by atoms with Crippen LogP contribution in [0.25, 0.3) is 29.7 Å². The van der Waals surface area contributed by atoms with E-state index in [-0.39, 0.29) is 16.8 Å². The zero-order valence-corrected chi connectivity index (χ0v) is 20.2. The lowest BCUT2D eigenvalue weighted by molar-refractivity contribution is 0.823. The Morgan fingerprint density at radius 3 is 2.70 bits per heavy atom. The molecule has 0 amide bonds. The van der Waals surface area contributed by atoms with E-state index in [1.165, 1.54) is 16.4 Å². The second-order valence-corrected chi connectivity index (χ2v) is 9.11. The Balaban J connectivity index is 1.73. The molecular formula is C23H21BrN6O2S. The maximum atomic E-state index is 12.9. The Bertz CT molecular complexity index is 1510. The van der Waals surface area contributed by atoms with Crippen molar-refractivity contribution in [3.8, 4) is 16.9 Å². The van der Waals surface area contributed by atoms with Gasteiger partial charge in [-0.25, -0.2) is 4.68 Å². The number of nitrogens with zero attached hydrogens (tertiary/aromatic N) is 3. The lowest BCUT2D eigenvalue weighted by atomic mass is 10.1. The number of thioether (sulfide) groups is 1. The Kier molecular flexibility index (Phi) is 6.95. The summed E-state index contributed by atoms with van der Waals surface area (Å²) >= 11 is 4.89. The number of halogens is 1. The minimum Gasteiger partial charge on any atom is -0.360 e. The van der Waals surface area contributed by atoms with Gasteiger partial charge in [0.2, 0.25) is 0 Å². The summed E-state index contributed by atoms with van der Waals surface area (Å²) in [5.74, 6) is 0.840. The van der Waals surface area contributed by atoms with Gasteiger partial charge in [0.05, 0.1) is 16.3 Å². The lowest BCUT2D eigenvalue weighted by Crippen LogP contribution is -2.34. The molecule has 4 rings (SSSR count). The average molecular weight is 525 g/mol. The number of nitrogens with one attached hydrogen (secondary N) is 3. The molecule has 8 nitrogen and oxygen atoms in total. The standard InChI is InChI=1S/C23H21BrN6O2S/c1-3-11-33-23-26-21(31)20(27-28-23)17-12-15(24)9-10-19(17)25-13-18-14(2)29-30(22(18)32)16-7-5-4-6-8-16/h4-10,12-13,25,29H,2-3,11H2,1H3,(H,26,28,31). The summed E-state index contributed by atoms with van der Waals surface area (Å²) in [6, 6.07) is 14.6. The monoisotopic (exact) mass is 524 g/mol. The smallest absolute Gasteiger partial charge is 0.280 e. The third-order valence-corrected chi connectivity index (χ3v) is 6.31. The minimum atomic E-state index is -0.337. The molecule has 0 fully saturated rings. The first kappa shape index (κ1) is 22.8. The van der Waals surface area contributed by atoms with Crippen molar-refractivity contribution in [1.29, 1.82) is 0 Å². The number of rotatable bonds is 7. The number of hydrogen-bond acceptors (Lipinski definition) is 6. The molecule has 0 spiro atoms. The summed E-state index contributed by atoms with van der Waals surface area (Å²) in [6.45, 7) is 6.00. The first-order valence-electron chi connectivity index (χ1n) is 10.2. The van der Waals surface area contributed by atoms with Crippen molar-refractivity contribution in [1.82, 2.24) is 25.0 Å². The van der Waals surface area contributed by atoms with E-state index >= 15 is 0 Å². The van der Waals surface area contributed by atoms with Crippen molar-refractivity contribution in [3.05, 3.63) is 84.3 Å². The minimum absolute atomic E-state index is 0.179. The molecule has 0 bridgehead atoms. The first-order chi connectivity index (χ1) is 16.0. The normalized spacial score (nSPS) is 11.6. The Labute approximate surface area is 201 Å². The fourth-order valence-corrected chi connectivity index (χ4v) is 4.18.